The van der Waals surface area contributed by atoms with Gasteiger partial charge in [0.05, 0.1) is 0 Å². The number of hydrogen-bond acceptors (Lipinski definition) is 3. The van der Waals surface area contributed by atoms with Gasteiger partial charge in [-0.15, -0.1) is 0 Å². The fourth-order valence-electron chi connectivity index (χ4n) is 3.94. The quantitative estimate of drug-likeness (QED) is 0.781. The first kappa shape index (κ1) is 19.6. The zero-order valence-corrected chi connectivity index (χ0v) is 16.2. The molecule has 0 spiro atoms. The minimum atomic E-state index is -1.27. The normalized spacial score (nSPS) is 20.3. The van der Waals surface area contributed by atoms with Crippen LogP contribution in [0.5, 0.6) is 0 Å². The van der Waals surface area contributed by atoms with Gasteiger partial charge in [-0.25, -0.2) is 0 Å². The number of carbonyl (C=O) groups excluding carboxylic acids is 1. The van der Waals surface area contributed by atoms with Crippen molar-refractivity contribution in [3.05, 3.63) is 71.8 Å². The first-order valence-corrected chi connectivity index (χ1v) is 9.85. The summed E-state index contributed by atoms with van der Waals surface area (Å²) in [6.45, 7) is 2.55. The fraction of sp³-hybridized carbons (Fsp3) is 0.435. The van der Waals surface area contributed by atoms with Gasteiger partial charge in [-0.05, 0) is 43.9 Å². The van der Waals surface area contributed by atoms with Crippen molar-refractivity contribution < 1.29 is 9.90 Å². The standard InChI is InChI=1S/C23H30N2O2/c1-24(18-21-12-6-3-7-13-21)19-23(27)15-9-17-25(22(23)26)16-8-14-20-10-4-2-5-11-20/h2-7,10-13,27H,8-9,14-19H2,1H3. The summed E-state index contributed by atoms with van der Waals surface area (Å²) in [4.78, 5) is 16.8. The van der Waals surface area contributed by atoms with E-state index in [0.29, 0.717) is 19.5 Å². The number of nitrogens with zero attached hydrogens (tertiary/aromatic N) is 2. The lowest BCUT2D eigenvalue weighted by Gasteiger charge is -2.40. The second kappa shape index (κ2) is 9.16. The molecular weight excluding hydrogens is 336 g/mol. The van der Waals surface area contributed by atoms with Crippen LogP contribution in [0.15, 0.2) is 60.7 Å². The van der Waals surface area contributed by atoms with E-state index in [9.17, 15) is 9.90 Å². The van der Waals surface area contributed by atoms with Crippen LogP contribution in [-0.2, 0) is 17.8 Å². The van der Waals surface area contributed by atoms with Gasteiger partial charge >= 0.3 is 0 Å². The predicted octanol–water partition coefficient (Wildman–Crippen LogP) is 3.10. The van der Waals surface area contributed by atoms with Crippen molar-refractivity contribution in [1.82, 2.24) is 9.80 Å². The van der Waals surface area contributed by atoms with E-state index in [1.54, 1.807) is 0 Å². The summed E-state index contributed by atoms with van der Waals surface area (Å²) in [6.07, 6.45) is 3.27. The highest BCUT2D eigenvalue weighted by molar-refractivity contribution is 5.86. The van der Waals surface area contributed by atoms with Gasteiger partial charge in [-0.3, -0.25) is 9.69 Å². The van der Waals surface area contributed by atoms with Crippen LogP contribution < -0.4 is 0 Å². The lowest BCUT2D eigenvalue weighted by Crippen LogP contribution is -2.58. The molecule has 144 valence electrons. The molecule has 4 heteroatoms. The topological polar surface area (TPSA) is 43.8 Å². The molecule has 3 rings (SSSR count). The number of aryl methyl sites for hydroxylation is 1. The Balaban J connectivity index is 1.53. The largest absolute Gasteiger partial charge is 0.379 e. The molecule has 0 aliphatic carbocycles. The molecule has 0 saturated carbocycles. The molecule has 1 aliphatic heterocycles. The van der Waals surface area contributed by atoms with E-state index < -0.39 is 5.60 Å². The number of rotatable bonds is 8. The Kier molecular flexibility index (Phi) is 6.64. The molecule has 1 amide bonds. The molecule has 1 aliphatic rings. The minimum absolute atomic E-state index is 0.110. The Labute approximate surface area is 162 Å². The molecule has 1 unspecified atom stereocenters. The lowest BCUT2D eigenvalue weighted by molar-refractivity contribution is -0.159. The lowest BCUT2D eigenvalue weighted by atomic mass is 9.90. The maximum Gasteiger partial charge on any atom is 0.255 e. The van der Waals surface area contributed by atoms with Crippen LogP contribution in [0.4, 0.5) is 0 Å². The summed E-state index contributed by atoms with van der Waals surface area (Å²) in [7, 11) is 1.96. The van der Waals surface area contributed by atoms with Crippen molar-refractivity contribution in [2.75, 3.05) is 26.7 Å². The molecule has 2 aromatic rings. The van der Waals surface area contributed by atoms with Crippen molar-refractivity contribution in [3.63, 3.8) is 0 Å². The predicted molar refractivity (Wildman–Crippen MR) is 108 cm³/mol. The number of benzene rings is 2. The molecule has 1 heterocycles. The van der Waals surface area contributed by atoms with E-state index in [0.717, 1.165) is 32.4 Å². The number of aliphatic hydroxyl groups is 1. The molecule has 1 N–H and O–H groups in total. The number of likely N-dealkylation sites (tertiary alicyclic amines) is 1. The summed E-state index contributed by atoms with van der Waals surface area (Å²) in [6, 6.07) is 20.5. The third kappa shape index (κ3) is 5.41. The zero-order valence-electron chi connectivity index (χ0n) is 16.2. The molecule has 2 aromatic carbocycles. The number of likely N-dealkylation sites (N-methyl/N-ethyl adjacent to an activating group) is 1. The van der Waals surface area contributed by atoms with Crippen molar-refractivity contribution in [2.24, 2.45) is 0 Å². The summed E-state index contributed by atoms with van der Waals surface area (Å²) in [5.74, 6) is -0.110. The number of piperidine rings is 1. The molecule has 1 atom stereocenters. The molecule has 1 saturated heterocycles. The zero-order chi connectivity index (χ0) is 19.1. The Morgan fingerprint density at radius 2 is 1.67 bits per heavy atom. The van der Waals surface area contributed by atoms with Crippen LogP contribution in [0, 0.1) is 0 Å². The minimum Gasteiger partial charge on any atom is -0.379 e. The van der Waals surface area contributed by atoms with Crippen LogP contribution in [0.3, 0.4) is 0 Å². The highest BCUT2D eigenvalue weighted by Gasteiger charge is 2.42. The van der Waals surface area contributed by atoms with E-state index in [2.05, 4.69) is 24.3 Å². The van der Waals surface area contributed by atoms with Gasteiger partial charge in [0.25, 0.3) is 5.91 Å². The summed E-state index contributed by atoms with van der Waals surface area (Å²) in [5, 5.41) is 11.0. The smallest absolute Gasteiger partial charge is 0.255 e. The van der Waals surface area contributed by atoms with E-state index in [1.165, 1.54) is 11.1 Å². The third-order valence-electron chi connectivity index (χ3n) is 5.27. The van der Waals surface area contributed by atoms with Gasteiger partial charge < -0.3 is 10.0 Å². The van der Waals surface area contributed by atoms with Crippen molar-refractivity contribution in [1.29, 1.82) is 0 Å². The van der Waals surface area contributed by atoms with Crippen LogP contribution in [0.1, 0.15) is 30.4 Å². The molecule has 0 radical (unpaired) electrons. The van der Waals surface area contributed by atoms with Crippen molar-refractivity contribution in [3.8, 4) is 0 Å². The first-order chi connectivity index (χ1) is 13.1. The van der Waals surface area contributed by atoms with Crippen molar-refractivity contribution in [2.45, 2.75) is 37.8 Å². The highest BCUT2D eigenvalue weighted by Crippen LogP contribution is 2.24. The number of amides is 1. The highest BCUT2D eigenvalue weighted by atomic mass is 16.3. The average molecular weight is 367 g/mol. The molecule has 27 heavy (non-hydrogen) atoms. The fourth-order valence-corrected chi connectivity index (χ4v) is 3.94. The van der Waals surface area contributed by atoms with E-state index in [4.69, 9.17) is 0 Å². The monoisotopic (exact) mass is 366 g/mol. The summed E-state index contributed by atoms with van der Waals surface area (Å²) >= 11 is 0. The molecule has 0 aromatic heterocycles. The molecule has 4 nitrogen and oxygen atoms in total. The van der Waals surface area contributed by atoms with Crippen molar-refractivity contribution >= 4 is 5.91 Å². The molecular formula is C23H30N2O2. The number of hydrogen-bond donors (Lipinski definition) is 1. The van der Waals surface area contributed by atoms with Crippen LogP contribution in [-0.4, -0.2) is 53.1 Å². The van der Waals surface area contributed by atoms with Gasteiger partial charge in [0.15, 0.2) is 5.60 Å². The van der Waals surface area contributed by atoms with Gasteiger partial charge in [0.1, 0.15) is 0 Å². The maximum atomic E-state index is 12.9. The Morgan fingerprint density at radius 1 is 1.04 bits per heavy atom. The molecule has 1 fully saturated rings. The Bertz CT molecular complexity index is 720. The number of carbonyl (C=O) groups is 1. The second-order valence-corrected chi connectivity index (χ2v) is 7.67. The second-order valence-electron chi connectivity index (χ2n) is 7.67. The van der Waals surface area contributed by atoms with E-state index >= 15 is 0 Å². The average Bonchev–Trinajstić information content (AvgIpc) is 2.67. The van der Waals surface area contributed by atoms with Gasteiger partial charge in [-0.1, -0.05) is 60.7 Å². The van der Waals surface area contributed by atoms with Gasteiger partial charge in [0, 0.05) is 26.2 Å². The van der Waals surface area contributed by atoms with Crippen LogP contribution in [0.25, 0.3) is 0 Å². The first-order valence-electron chi connectivity index (χ1n) is 9.85. The van der Waals surface area contributed by atoms with Gasteiger partial charge in [-0.2, -0.15) is 0 Å². The van der Waals surface area contributed by atoms with Gasteiger partial charge in [0.2, 0.25) is 0 Å². The van der Waals surface area contributed by atoms with Crippen LogP contribution in [0.2, 0.25) is 0 Å². The third-order valence-corrected chi connectivity index (χ3v) is 5.27. The Morgan fingerprint density at radius 3 is 2.33 bits per heavy atom. The van der Waals surface area contributed by atoms with Crippen LogP contribution >= 0.6 is 0 Å². The Hall–Kier alpha value is -2.17. The summed E-state index contributed by atoms with van der Waals surface area (Å²) < 4.78 is 0. The SMILES string of the molecule is CN(Cc1ccccc1)CC1(O)CCCN(CCCc2ccccc2)C1=O. The van der Waals surface area contributed by atoms with E-state index in [-0.39, 0.29) is 5.91 Å². The molecule has 0 bridgehead atoms. The maximum absolute atomic E-state index is 12.9. The van der Waals surface area contributed by atoms with E-state index in [1.807, 2.05) is 53.2 Å². The summed E-state index contributed by atoms with van der Waals surface area (Å²) in [5.41, 5.74) is 1.21.